The van der Waals surface area contributed by atoms with Crippen LogP contribution in [0.25, 0.3) is 0 Å². The van der Waals surface area contributed by atoms with Gasteiger partial charge in [0.1, 0.15) is 0 Å². The first-order valence-corrected chi connectivity index (χ1v) is 7.73. The summed E-state index contributed by atoms with van der Waals surface area (Å²) >= 11 is 0. The van der Waals surface area contributed by atoms with Crippen LogP contribution in [0.4, 0.5) is 0 Å². The van der Waals surface area contributed by atoms with Crippen molar-refractivity contribution in [2.45, 2.75) is 13.1 Å². The molecule has 6 nitrogen and oxygen atoms in total. The Hall–Kier alpha value is -1.99. The van der Waals surface area contributed by atoms with E-state index < -0.39 is 10.0 Å². The SMILES string of the molecule is O=S1(=O)C=CCN1Cc1cn(Cc2ccccc2)nn1. The Kier molecular flexibility index (Phi) is 3.37. The van der Waals surface area contributed by atoms with E-state index in [0.717, 1.165) is 5.56 Å². The highest BCUT2D eigenvalue weighted by molar-refractivity contribution is 7.92. The lowest BCUT2D eigenvalue weighted by Crippen LogP contribution is -2.24. The standard InChI is InChI=1S/C13H14N4O2S/c18-20(19)8-4-7-17(20)11-13-10-16(15-14-13)9-12-5-2-1-3-6-12/h1-6,8,10H,7,9,11H2. The summed E-state index contributed by atoms with van der Waals surface area (Å²) in [7, 11) is -3.26. The van der Waals surface area contributed by atoms with E-state index in [1.807, 2.05) is 30.3 Å². The number of sulfonamides is 1. The smallest absolute Gasteiger partial charge is 0.236 e. The van der Waals surface area contributed by atoms with E-state index >= 15 is 0 Å². The van der Waals surface area contributed by atoms with Gasteiger partial charge in [0.25, 0.3) is 0 Å². The Bertz CT molecular complexity index is 722. The fourth-order valence-corrected chi connectivity index (χ4v) is 3.17. The summed E-state index contributed by atoms with van der Waals surface area (Å²) in [5, 5.41) is 9.27. The van der Waals surface area contributed by atoms with E-state index in [2.05, 4.69) is 10.3 Å². The van der Waals surface area contributed by atoms with Crippen LogP contribution in [-0.4, -0.2) is 34.3 Å². The van der Waals surface area contributed by atoms with Crippen molar-refractivity contribution in [3.8, 4) is 0 Å². The number of rotatable bonds is 4. The Balaban J connectivity index is 1.69. The van der Waals surface area contributed by atoms with E-state index in [9.17, 15) is 8.42 Å². The van der Waals surface area contributed by atoms with Gasteiger partial charge < -0.3 is 0 Å². The molecule has 1 aliphatic rings. The zero-order chi connectivity index (χ0) is 14.0. The van der Waals surface area contributed by atoms with Crippen molar-refractivity contribution in [1.82, 2.24) is 19.3 Å². The average molecular weight is 290 g/mol. The van der Waals surface area contributed by atoms with Crippen LogP contribution in [0.1, 0.15) is 11.3 Å². The molecular weight excluding hydrogens is 276 g/mol. The number of hydrogen-bond acceptors (Lipinski definition) is 4. The van der Waals surface area contributed by atoms with Crippen LogP contribution < -0.4 is 0 Å². The fraction of sp³-hybridized carbons (Fsp3) is 0.231. The molecule has 0 atom stereocenters. The minimum absolute atomic E-state index is 0.254. The Morgan fingerprint density at radius 2 is 1.95 bits per heavy atom. The average Bonchev–Trinajstić information content (AvgIpc) is 2.99. The normalized spacial score (nSPS) is 17.6. The van der Waals surface area contributed by atoms with E-state index in [1.165, 1.54) is 9.71 Å². The van der Waals surface area contributed by atoms with Crippen LogP contribution in [0.15, 0.2) is 48.0 Å². The lowest BCUT2D eigenvalue weighted by Gasteiger charge is -2.11. The molecule has 1 aromatic heterocycles. The van der Waals surface area contributed by atoms with Gasteiger partial charge in [0, 0.05) is 12.0 Å². The molecule has 0 saturated carbocycles. The third-order valence-corrected chi connectivity index (χ3v) is 4.58. The highest BCUT2D eigenvalue weighted by Crippen LogP contribution is 2.14. The molecule has 0 unspecified atom stereocenters. The van der Waals surface area contributed by atoms with Gasteiger partial charge in [-0.15, -0.1) is 5.10 Å². The van der Waals surface area contributed by atoms with Gasteiger partial charge in [-0.3, -0.25) is 0 Å². The topological polar surface area (TPSA) is 68.1 Å². The second-order valence-corrected chi connectivity index (χ2v) is 6.42. The molecule has 0 aliphatic carbocycles. The highest BCUT2D eigenvalue weighted by Gasteiger charge is 2.23. The lowest BCUT2D eigenvalue weighted by atomic mass is 10.2. The maximum Gasteiger partial charge on any atom is 0.236 e. The first-order valence-electron chi connectivity index (χ1n) is 6.23. The predicted octanol–water partition coefficient (Wildman–Crippen LogP) is 0.986. The monoisotopic (exact) mass is 290 g/mol. The molecule has 0 bridgehead atoms. The van der Waals surface area contributed by atoms with Crippen molar-refractivity contribution in [2.75, 3.05) is 6.54 Å². The number of nitrogens with zero attached hydrogens (tertiary/aromatic N) is 4. The lowest BCUT2D eigenvalue weighted by molar-refractivity contribution is 0.449. The van der Waals surface area contributed by atoms with Crippen molar-refractivity contribution in [1.29, 1.82) is 0 Å². The molecule has 0 N–H and O–H groups in total. The second-order valence-electron chi connectivity index (χ2n) is 4.60. The van der Waals surface area contributed by atoms with Crippen molar-refractivity contribution < 1.29 is 8.42 Å². The fourth-order valence-electron chi connectivity index (χ4n) is 2.07. The maximum absolute atomic E-state index is 11.6. The van der Waals surface area contributed by atoms with Crippen LogP contribution in [0, 0.1) is 0 Å². The van der Waals surface area contributed by atoms with E-state index in [4.69, 9.17) is 0 Å². The summed E-state index contributed by atoms with van der Waals surface area (Å²) in [6.07, 6.45) is 3.41. The molecule has 1 aromatic carbocycles. The van der Waals surface area contributed by atoms with E-state index in [1.54, 1.807) is 17.0 Å². The molecule has 104 valence electrons. The number of hydrogen-bond donors (Lipinski definition) is 0. The summed E-state index contributed by atoms with van der Waals surface area (Å²) < 4.78 is 26.4. The summed E-state index contributed by atoms with van der Waals surface area (Å²) in [6.45, 7) is 1.27. The maximum atomic E-state index is 11.6. The van der Waals surface area contributed by atoms with E-state index in [0.29, 0.717) is 18.8 Å². The van der Waals surface area contributed by atoms with Gasteiger partial charge in [0.2, 0.25) is 10.0 Å². The first kappa shape index (κ1) is 13.0. The van der Waals surface area contributed by atoms with Crippen LogP contribution in [-0.2, 0) is 23.1 Å². The molecule has 1 aliphatic heterocycles. The summed E-state index contributed by atoms with van der Waals surface area (Å²) in [4.78, 5) is 0. The zero-order valence-electron chi connectivity index (χ0n) is 10.8. The minimum Gasteiger partial charge on any atom is -0.248 e. The third kappa shape index (κ3) is 2.78. The Morgan fingerprint density at radius 1 is 1.15 bits per heavy atom. The summed E-state index contributed by atoms with van der Waals surface area (Å²) in [6, 6.07) is 9.92. The molecule has 2 heterocycles. The van der Waals surface area contributed by atoms with Crippen molar-refractivity contribution in [2.24, 2.45) is 0 Å². The molecule has 0 radical (unpaired) electrons. The molecule has 0 amide bonds. The van der Waals surface area contributed by atoms with Crippen LogP contribution in [0.5, 0.6) is 0 Å². The molecule has 0 saturated heterocycles. The Labute approximate surface area is 117 Å². The Morgan fingerprint density at radius 3 is 2.65 bits per heavy atom. The first-order chi connectivity index (χ1) is 9.63. The summed E-state index contributed by atoms with van der Waals surface area (Å²) in [5.74, 6) is 0. The number of benzene rings is 1. The molecule has 0 fully saturated rings. The van der Waals surface area contributed by atoms with Gasteiger partial charge >= 0.3 is 0 Å². The molecule has 7 heteroatoms. The van der Waals surface area contributed by atoms with Crippen molar-refractivity contribution in [3.63, 3.8) is 0 Å². The van der Waals surface area contributed by atoms with Gasteiger partial charge in [0.15, 0.2) is 0 Å². The van der Waals surface area contributed by atoms with Crippen LogP contribution in [0.3, 0.4) is 0 Å². The van der Waals surface area contributed by atoms with Gasteiger partial charge in [-0.25, -0.2) is 13.1 Å². The van der Waals surface area contributed by atoms with Gasteiger partial charge in [-0.2, -0.15) is 4.31 Å². The van der Waals surface area contributed by atoms with Crippen LogP contribution in [0.2, 0.25) is 0 Å². The van der Waals surface area contributed by atoms with Gasteiger partial charge in [-0.05, 0) is 5.56 Å². The highest BCUT2D eigenvalue weighted by atomic mass is 32.2. The van der Waals surface area contributed by atoms with Gasteiger partial charge in [-0.1, -0.05) is 41.6 Å². The quantitative estimate of drug-likeness (QED) is 0.842. The minimum atomic E-state index is -3.26. The molecule has 0 spiro atoms. The molecule has 2 aromatic rings. The number of aromatic nitrogens is 3. The third-order valence-electron chi connectivity index (χ3n) is 3.05. The molecule has 20 heavy (non-hydrogen) atoms. The molecule has 3 rings (SSSR count). The largest absolute Gasteiger partial charge is 0.248 e. The zero-order valence-corrected chi connectivity index (χ0v) is 11.6. The second kappa shape index (κ2) is 5.18. The van der Waals surface area contributed by atoms with Crippen molar-refractivity contribution >= 4 is 10.0 Å². The molecular formula is C13H14N4O2S. The van der Waals surface area contributed by atoms with E-state index in [-0.39, 0.29) is 6.54 Å². The summed E-state index contributed by atoms with van der Waals surface area (Å²) in [5.41, 5.74) is 1.77. The van der Waals surface area contributed by atoms with Crippen LogP contribution >= 0.6 is 0 Å². The van der Waals surface area contributed by atoms with Gasteiger partial charge in [0.05, 0.1) is 25.0 Å². The van der Waals surface area contributed by atoms with Crippen molar-refractivity contribution in [3.05, 3.63) is 59.3 Å². The predicted molar refractivity (Wildman–Crippen MR) is 74.0 cm³/mol.